The smallest absolute Gasteiger partial charge is 0.256 e. The van der Waals surface area contributed by atoms with Gasteiger partial charge in [0, 0.05) is 21.0 Å². The van der Waals surface area contributed by atoms with Crippen LogP contribution in [-0.4, -0.2) is 16.9 Å². The summed E-state index contributed by atoms with van der Waals surface area (Å²) in [6, 6.07) is 23.4. The van der Waals surface area contributed by atoms with E-state index in [2.05, 4.69) is 10.6 Å². The Hall–Kier alpha value is -4.10. The molecule has 0 fully saturated rings. The van der Waals surface area contributed by atoms with Crippen molar-refractivity contribution >= 4 is 35.0 Å². The molecule has 0 saturated carbocycles. The molecule has 33 heavy (non-hydrogen) atoms. The first-order chi connectivity index (χ1) is 16.0. The summed E-state index contributed by atoms with van der Waals surface area (Å²) in [6.45, 7) is 0. The third-order valence-electron chi connectivity index (χ3n) is 5.22. The van der Waals surface area contributed by atoms with Crippen molar-refractivity contribution in [1.29, 1.82) is 0 Å². The number of fused-ring (bicyclic) bond motifs is 2. The molecule has 2 amide bonds. The van der Waals surface area contributed by atoms with Crippen LogP contribution in [0.15, 0.2) is 94.7 Å². The molecule has 0 radical (unpaired) electrons. The van der Waals surface area contributed by atoms with Crippen molar-refractivity contribution in [2.75, 3.05) is 10.6 Å². The van der Waals surface area contributed by atoms with Crippen LogP contribution in [-0.2, 0) is 0 Å². The van der Waals surface area contributed by atoms with Crippen molar-refractivity contribution in [1.82, 2.24) is 0 Å². The molecule has 4 aromatic rings. The molecule has 0 saturated heterocycles. The van der Waals surface area contributed by atoms with Crippen LogP contribution in [0.25, 0.3) is 11.1 Å². The quantitative estimate of drug-likeness (QED) is 0.345. The lowest BCUT2D eigenvalue weighted by Gasteiger charge is -2.11. The van der Waals surface area contributed by atoms with E-state index in [9.17, 15) is 19.1 Å². The predicted molar refractivity (Wildman–Crippen MR) is 126 cm³/mol. The molecule has 0 aromatic heterocycles. The number of hydrogen-bond donors (Lipinski definition) is 3. The first-order valence-electron chi connectivity index (χ1n) is 10.1. The summed E-state index contributed by atoms with van der Waals surface area (Å²) in [4.78, 5) is 26.9. The Morgan fingerprint density at radius 1 is 0.879 bits per heavy atom. The van der Waals surface area contributed by atoms with Gasteiger partial charge in [0.05, 0.1) is 11.3 Å². The van der Waals surface area contributed by atoms with Crippen LogP contribution in [0, 0.1) is 5.82 Å². The number of phenols is 1. The fourth-order valence-corrected chi connectivity index (χ4v) is 4.56. The van der Waals surface area contributed by atoms with Crippen molar-refractivity contribution in [2.24, 2.45) is 0 Å². The Balaban J connectivity index is 1.38. The average Bonchev–Trinajstić information content (AvgIpc) is 2.95. The minimum atomic E-state index is -0.481. The predicted octanol–water partition coefficient (Wildman–Crippen LogP) is 6.17. The number of rotatable bonds is 3. The summed E-state index contributed by atoms with van der Waals surface area (Å²) in [7, 11) is 0. The van der Waals surface area contributed by atoms with Crippen LogP contribution in [0.1, 0.15) is 20.7 Å². The highest BCUT2D eigenvalue weighted by molar-refractivity contribution is 7.99. The van der Waals surface area contributed by atoms with Crippen LogP contribution in [0.2, 0.25) is 0 Å². The maximum Gasteiger partial charge on any atom is 0.256 e. The zero-order valence-corrected chi connectivity index (χ0v) is 17.9. The summed E-state index contributed by atoms with van der Waals surface area (Å²) in [5.74, 6) is -1.04. The van der Waals surface area contributed by atoms with Crippen molar-refractivity contribution in [3.8, 4) is 16.9 Å². The number of benzene rings is 4. The zero-order valence-electron chi connectivity index (χ0n) is 17.1. The van der Waals surface area contributed by atoms with E-state index < -0.39 is 11.7 Å². The van der Waals surface area contributed by atoms with Gasteiger partial charge in [0.15, 0.2) is 0 Å². The second-order valence-corrected chi connectivity index (χ2v) is 8.57. The number of aromatic hydroxyl groups is 1. The lowest BCUT2D eigenvalue weighted by Crippen LogP contribution is -2.14. The second kappa shape index (κ2) is 8.44. The Morgan fingerprint density at radius 3 is 2.48 bits per heavy atom. The summed E-state index contributed by atoms with van der Waals surface area (Å²) in [6.07, 6.45) is 0. The van der Waals surface area contributed by atoms with Crippen LogP contribution in [0.4, 0.5) is 15.8 Å². The van der Waals surface area contributed by atoms with Gasteiger partial charge in [-0.15, -0.1) is 0 Å². The number of carbonyl (C=O) groups excluding carboxylic acids is 2. The number of hydrogen-bond acceptors (Lipinski definition) is 4. The number of amides is 2. The summed E-state index contributed by atoms with van der Waals surface area (Å²) >= 11 is 1.34. The Morgan fingerprint density at radius 2 is 1.67 bits per heavy atom. The number of nitrogens with one attached hydrogen (secondary N) is 2. The molecule has 5 rings (SSSR count). The summed E-state index contributed by atoms with van der Waals surface area (Å²) < 4.78 is 13.6. The van der Waals surface area contributed by atoms with Crippen LogP contribution < -0.4 is 10.6 Å². The molecule has 0 bridgehead atoms. The fourth-order valence-electron chi connectivity index (χ4n) is 3.57. The van der Waals surface area contributed by atoms with Crippen LogP contribution >= 0.6 is 11.8 Å². The molecule has 5 nitrogen and oxygen atoms in total. The van der Waals surface area contributed by atoms with Crippen LogP contribution in [0.5, 0.6) is 5.75 Å². The lowest BCUT2D eigenvalue weighted by molar-refractivity contribution is 0.101. The molecule has 0 spiro atoms. The Labute approximate surface area is 193 Å². The van der Waals surface area contributed by atoms with Gasteiger partial charge in [0.1, 0.15) is 11.6 Å². The molecule has 1 aliphatic rings. The summed E-state index contributed by atoms with van der Waals surface area (Å²) in [5, 5.41) is 15.1. The molecule has 1 heterocycles. The van der Waals surface area contributed by atoms with E-state index in [1.165, 1.54) is 23.9 Å². The molecule has 0 atom stereocenters. The van der Waals surface area contributed by atoms with E-state index in [1.54, 1.807) is 54.6 Å². The van der Waals surface area contributed by atoms with E-state index in [4.69, 9.17) is 0 Å². The molecule has 7 heteroatoms. The van der Waals surface area contributed by atoms with E-state index in [0.29, 0.717) is 21.8 Å². The number of carbonyl (C=O) groups is 2. The number of phenolic OH excluding ortho intramolecular Hbond substituents is 1. The Bertz CT molecular complexity index is 1400. The van der Waals surface area contributed by atoms with E-state index in [1.807, 2.05) is 18.2 Å². The van der Waals surface area contributed by atoms with Gasteiger partial charge in [-0.25, -0.2) is 4.39 Å². The molecule has 4 aromatic carbocycles. The third kappa shape index (κ3) is 4.31. The first-order valence-corrected chi connectivity index (χ1v) is 10.9. The van der Waals surface area contributed by atoms with Crippen molar-refractivity contribution in [3.05, 3.63) is 102 Å². The minimum absolute atomic E-state index is 0.185. The van der Waals surface area contributed by atoms with Crippen LogP contribution in [0.3, 0.4) is 0 Å². The zero-order chi connectivity index (χ0) is 22.9. The third-order valence-corrected chi connectivity index (χ3v) is 6.37. The molecular weight excluding hydrogens is 439 g/mol. The maximum atomic E-state index is 13.6. The first kappa shape index (κ1) is 20.8. The number of anilines is 2. The maximum absolute atomic E-state index is 13.6. The largest absolute Gasteiger partial charge is 0.508 e. The molecule has 0 aliphatic carbocycles. The van der Waals surface area contributed by atoms with Gasteiger partial charge in [0.2, 0.25) is 0 Å². The summed E-state index contributed by atoms with van der Waals surface area (Å²) in [5.41, 5.74) is 3.54. The average molecular weight is 456 g/mol. The van der Waals surface area contributed by atoms with E-state index in [0.717, 1.165) is 16.0 Å². The molecule has 3 N–H and O–H groups in total. The topological polar surface area (TPSA) is 78.4 Å². The Kier molecular flexibility index (Phi) is 5.32. The lowest BCUT2D eigenvalue weighted by atomic mass is 10.0. The van der Waals surface area contributed by atoms with Crippen molar-refractivity contribution < 1.29 is 19.1 Å². The standard InChI is InChI=1S/C26H17FN2O3S/c27-18-7-11-23-21(14-18)26(32)29-22-13-17(6-10-24(22)33-23)25(31)28-19-3-1-2-16(12-19)15-4-8-20(30)9-5-15/h1-14,30H,(H,28,31)(H,29,32). The highest BCUT2D eigenvalue weighted by Crippen LogP contribution is 2.39. The van der Waals surface area contributed by atoms with Crippen molar-refractivity contribution in [3.63, 3.8) is 0 Å². The van der Waals surface area contributed by atoms with Crippen molar-refractivity contribution in [2.45, 2.75) is 9.79 Å². The fraction of sp³-hybridized carbons (Fsp3) is 0. The van der Waals surface area contributed by atoms with Gasteiger partial charge in [-0.1, -0.05) is 36.0 Å². The van der Waals surface area contributed by atoms with Gasteiger partial charge in [-0.2, -0.15) is 0 Å². The molecule has 162 valence electrons. The number of halogens is 1. The van der Waals surface area contributed by atoms with Gasteiger partial charge in [-0.05, 0) is 71.8 Å². The normalized spacial score (nSPS) is 12.2. The van der Waals surface area contributed by atoms with Gasteiger partial charge < -0.3 is 15.7 Å². The van der Waals surface area contributed by atoms with E-state index >= 15 is 0 Å². The second-order valence-electron chi connectivity index (χ2n) is 7.49. The minimum Gasteiger partial charge on any atom is -0.508 e. The SMILES string of the molecule is O=C(Nc1cccc(-c2ccc(O)cc2)c1)c1ccc2c(c1)NC(=O)c1cc(F)ccc1S2. The van der Waals surface area contributed by atoms with E-state index in [-0.39, 0.29) is 17.2 Å². The van der Waals surface area contributed by atoms with Gasteiger partial charge >= 0.3 is 0 Å². The molecule has 1 aliphatic heterocycles. The molecular formula is C26H17FN2O3S. The molecule has 0 unspecified atom stereocenters. The van der Waals surface area contributed by atoms with Gasteiger partial charge in [-0.3, -0.25) is 9.59 Å². The van der Waals surface area contributed by atoms with Gasteiger partial charge in [0.25, 0.3) is 11.8 Å². The monoisotopic (exact) mass is 456 g/mol. The highest BCUT2D eigenvalue weighted by atomic mass is 32.2. The highest BCUT2D eigenvalue weighted by Gasteiger charge is 2.21.